The number of fused-ring (bicyclic) bond motifs is 1. The molecule has 7 heteroatoms. The highest BCUT2D eigenvalue weighted by Gasteiger charge is 2.23. The standard InChI is InChI=1S/C26H27N5O2/c32-26(30-16-14-29(15-17-30)18-21-10-12-27-13-11-21)19-31-24-9-5-4-8-23(24)28-25(31)20-33-22-6-2-1-3-7-22/h1-13H,14-20H2. The maximum Gasteiger partial charge on any atom is 0.242 e. The fourth-order valence-corrected chi connectivity index (χ4v) is 4.21. The largest absolute Gasteiger partial charge is 0.486 e. The van der Waals surface area contributed by atoms with Gasteiger partial charge in [0.15, 0.2) is 0 Å². The van der Waals surface area contributed by atoms with Gasteiger partial charge in [-0.05, 0) is 42.0 Å². The van der Waals surface area contributed by atoms with Crippen molar-refractivity contribution >= 4 is 16.9 Å². The molecule has 4 aromatic rings. The van der Waals surface area contributed by atoms with E-state index in [1.165, 1.54) is 5.56 Å². The first-order valence-corrected chi connectivity index (χ1v) is 11.3. The minimum Gasteiger partial charge on any atom is -0.486 e. The highest BCUT2D eigenvalue weighted by atomic mass is 16.5. The zero-order valence-electron chi connectivity index (χ0n) is 18.5. The first-order valence-electron chi connectivity index (χ1n) is 11.3. The van der Waals surface area contributed by atoms with Gasteiger partial charge in [-0.15, -0.1) is 0 Å². The molecule has 2 aromatic carbocycles. The third kappa shape index (κ3) is 5.04. The van der Waals surface area contributed by atoms with Crippen molar-refractivity contribution in [2.45, 2.75) is 19.7 Å². The van der Waals surface area contributed by atoms with Crippen LogP contribution in [-0.4, -0.2) is 56.4 Å². The van der Waals surface area contributed by atoms with Crippen molar-refractivity contribution in [1.82, 2.24) is 24.3 Å². The van der Waals surface area contributed by atoms with Crippen LogP contribution in [0.15, 0.2) is 79.1 Å². The normalized spacial score (nSPS) is 14.5. The number of amides is 1. The Bertz CT molecular complexity index is 1200. The van der Waals surface area contributed by atoms with Crippen molar-refractivity contribution in [2.75, 3.05) is 26.2 Å². The van der Waals surface area contributed by atoms with E-state index in [4.69, 9.17) is 9.72 Å². The SMILES string of the molecule is O=C(Cn1c(COc2ccccc2)nc2ccccc21)N1CCN(Cc2ccncc2)CC1. The second-order valence-electron chi connectivity index (χ2n) is 8.22. The number of piperazine rings is 1. The molecule has 1 saturated heterocycles. The molecule has 5 rings (SSSR count). The highest BCUT2D eigenvalue weighted by Crippen LogP contribution is 2.19. The Morgan fingerprint density at radius 3 is 2.39 bits per heavy atom. The minimum absolute atomic E-state index is 0.114. The first kappa shape index (κ1) is 21.2. The van der Waals surface area contributed by atoms with Crippen LogP contribution in [0.5, 0.6) is 5.75 Å². The lowest BCUT2D eigenvalue weighted by atomic mass is 10.2. The summed E-state index contributed by atoms with van der Waals surface area (Å²) in [6.07, 6.45) is 3.65. The summed E-state index contributed by atoms with van der Waals surface area (Å²) in [4.78, 5) is 26.4. The van der Waals surface area contributed by atoms with Gasteiger partial charge < -0.3 is 14.2 Å². The lowest BCUT2D eigenvalue weighted by molar-refractivity contribution is -0.133. The van der Waals surface area contributed by atoms with Crippen molar-refractivity contribution in [3.8, 4) is 5.75 Å². The number of pyridine rings is 1. The molecule has 0 radical (unpaired) electrons. The van der Waals surface area contributed by atoms with Crippen molar-refractivity contribution in [3.05, 3.63) is 90.5 Å². The van der Waals surface area contributed by atoms with E-state index in [1.54, 1.807) is 0 Å². The Balaban J connectivity index is 1.25. The first-order chi connectivity index (χ1) is 16.3. The highest BCUT2D eigenvalue weighted by molar-refractivity contribution is 5.81. The summed E-state index contributed by atoms with van der Waals surface area (Å²) in [5.74, 6) is 1.65. The van der Waals surface area contributed by atoms with Crippen molar-refractivity contribution in [1.29, 1.82) is 0 Å². The lowest BCUT2D eigenvalue weighted by Gasteiger charge is -2.35. The molecule has 0 saturated carbocycles. The topological polar surface area (TPSA) is 63.5 Å². The molecule has 1 amide bonds. The Kier molecular flexibility index (Phi) is 6.30. The van der Waals surface area contributed by atoms with Gasteiger partial charge in [0.2, 0.25) is 5.91 Å². The molecule has 7 nitrogen and oxygen atoms in total. The van der Waals surface area contributed by atoms with Gasteiger partial charge in [0, 0.05) is 45.1 Å². The number of hydrogen-bond donors (Lipinski definition) is 0. The molecule has 0 atom stereocenters. The van der Waals surface area contributed by atoms with Crippen molar-refractivity contribution in [3.63, 3.8) is 0 Å². The molecule has 33 heavy (non-hydrogen) atoms. The Labute approximate surface area is 193 Å². The Morgan fingerprint density at radius 1 is 0.879 bits per heavy atom. The Hall–Kier alpha value is -3.71. The summed E-state index contributed by atoms with van der Waals surface area (Å²) >= 11 is 0. The Morgan fingerprint density at radius 2 is 1.61 bits per heavy atom. The minimum atomic E-state index is 0.114. The van der Waals surface area contributed by atoms with Gasteiger partial charge in [-0.3, -0.25) is 14.7 Å². The summed E-state index contributed by atoms with van der Waals surface area (Å²) in [6.45, 7) is 4.64. The van der Waals surface area contributed by atoms with E-state index in [0.29, 0.717) is 6.61 Å². The third-order valence-electron chi connectivity index (χ3n) is 6.02. The van der Waals surface area contributed by atoms with Gasteiger partial charge >= 0.3 is 0 Å². The fraction of sp³-hybridized carbons (Fsp3) is 0.269. The lowest BCUT2D eigenvalue weighted by Crippen LogP contribution is -2.49. The van der Waals surface area contributed by atoms with E-state index in [1.807, 2.05) is 88.6 Å². The number of aromatic nitrogens is 3. The number of imidazole rings is 1. The van der Waals surface area contributed by atoms with E-state index in [2.05, 4.69) is 9.88 Å². The number of ether oxygens (including phenoxy) is 1. The van der Waals surface area contributed by atoms with Crippen LogP contribution in [0.25, 0.3) is 11.0 Å². The summed E-state index contributed by atoms with van der Waals surface area (Å²) in [7, 11) is 0. The van der Waals surface area contributed by atoms with Gasteiger partial charge in [-0.2, -0.15) is 0 Å². The predicted octanol–water partition coefficient (Wildman–Crippen LogP) is 3.35. The molecule has 1 aliphatic heterocycles. The molecule has 0 spiro atoms. The third-order valence-corrected chi connectivity index (χ3v) is 6.02. The summed E-state index contributed by atoms with van der Waals surface area (Å²) in [6, 6.07) is 21.7. The van der Waals surface area contributed by atoms with Crippen LogP contribution in [0, 0.1) is 0 Å². The van der Waals surface area contributed by atoms with Crippen LogP contribution in [0.1, 0.15) is 11.4 Å². The second-order valence-corrected chi connectivity index (χ2v) is 8.22. The molecular weight excluding hydrogens is 414 g/mol. The van der Waals surface area contributed by atoms with E-state index in [-0.39, 0.29) is 12.5 Å². The van der Waals surface area contributed by atoms with Gasteiger partial charge in [0.25, 0.3) is 0 Å². The zero-order valence-corrected chi connectivity index (χ0v) is 18.5. The number of rotatable bonds is 7. The summed E-state index contributed by atoms with van der Waals surface area (Å²) < 4.78 is 7.93. The van der Waals surface area contributed by atoms with Crippen LogP contribution >= 0.6 is 0 Å². The number of para-hydroxylation sites is 3. The molecule has 0 aliphatic carbocycles. The van der Waals surface area contributed by atoms with E-state index in [0.717, 1.165) is 55.3 Å². The maximum absolute atomic E-state index is 13.2. The van der Waals surface area contributed by atoms with Gasteiger partial charge in [0.1, 0.15) is 24.7 Å². The zero-order chi connectivity index (χ0) is 22.5. The average molecular weight is 442 g/mol. The van der Waals surface area contributed by atoms with Gasteiger partial charge in [0.05, 0.1) is 11.0 Å². The predicted molar refractivity (Wildman–Crippen MR) is 127 cm³/mol. The van der Waals surface area contributed by atoms with Crippen molar-refractivity contribution in [2.24, 2.45) is 0 Å². The average Bonchev–Trinajstić information content (AvgIpc) is 3.21. The molecule has 168 valence electrons. The summed E-state index contributed by atoms with van der Waals surface area (Å²) in [5.41, 5.74) is 3.07. The van der Waals surface area contributed by atoms with Crippen LogP contribution in [0.3, 0.4) is 0 Å². The van der Waals surface area contributed by atoms with Crippen molar-refractivity contribution < 1.29 is 9.53 Å². The molecule has 1 aliphatic rings. The number of hydrogen-bond acceptors (Lipinski definition) is 5. The van der Waals surface area contributed by atoms with Crippen LogP contribution in [0.4, 0.5) is 0 Å². The maximum atomic E-state index is 13.2. The van der Waals surface area contributed by atoms with Crippen LogP contribution in [-0.2, 0) is 24.5 Å². The quantitative estimate of drug-likeness (QED) is 0.440. The molecule has 0 unspecified atom stereocenters. The molecule has 0 bridgehead atoms. The van der Waals surface area contributed by atoms with Crippen LogP contribution in [0.2, 0.25) is 0 Å². The fourth-order valence-electron chi connectivity index (χ4n) is 4.21. The molecular formula is C26H27N5O2. The van der Waals surface area contributed by atoms with E-state index < -0.39 is 0 Å². The smallest absolute Gasteiger partial charge is 0.242 e. The number of benzene rings is 2. The number of nitrogens with zero attached hydrogens (tertiary/aromatic N) is 5. The molecule has 1 fully saturated rings. The molecule has 0 N–H and O–H groups in total. The van der Waals surface area contributed by atoms with Gasteiger partial charge in [-0.25, -0.2) is 4.98 Å². The van der Waals surface area contributed by atoms with E-state index in [9.17, 15) is 4.79 Å². The number of carbonyl (C=O) groups is 1. The monoisotopic (exact) mass is 441 g/mol. The molecule has 3 heterocycles. The second kappa shape index (κ2) is 9.83. The van der Waals surface area contributed by atoms with Gasteiger partial charge in [-0.1, -0.05) is 30.3 Å². The summed E-state index contributed by atoms with van der Waals surface area (Å²) in [5, 5.41) is 0. The number of carbonyl (C=O) groups excluding carboxylic acids is 1. The molecule has 2 aromatic heterocycles. The van der Waals surface area contributed by atoms with E-state index >= 15 is 0 Å². The van der Waals surface area contributed by atoms with Crippen LogP contribution < -0.4 is 4.74 Å².